The number of anilines is 1. The number of hydrogen-bond donors (Lipinski definition) is 1. The maximum absolute atomic E-state index is 13.9. The van der Waals surface area contributed by atoms with Crippen molar-refractivity contribution in [2.24, 2.45) is 10.9 Å². The minimum absolute atomic E-state index is 0.101. The third-order valence-electron chi connectivity index (χ3n) is 4.34. The number of nitrogens with one attached hydrogen (secondary N) is 1. The molecule has 20 heavy (non-hydrogen) atoms. The van der Waals surface area contributed by atoms with E-state index in [4.69, 9.17) is 4.99 Å². The molecule has 1 saturated carbocycles. The van der Waals surface area contributed by atoms with Crippen LogP contribution < -0.4 is 5.32 Å². The molecule has 0 amide bonds. The molecule has 2 unspecified atom stereocenters. The molecule has 1 fully saturated rings. The highest BCUT2D eigenvalue weighted by Crippen LogP contribution is 2.42. The van der Waals surface area contributed by atoms with Crippen molar-refractivity contribution in [2.75, 3.05) is 11.1 Å². The maximum atomic E-state index is 13.9. The van der Waals surface area contributed by atoms with Gasteiger partial charge < -0.3 is 5.32 Å². The number of thioether (sulfide) groups is 1. The SMILES string of the molecule is Cc1cccc(F)c1NC1=NC2(CCCC(C)C2)CS1. The van der Waals surface area contributed by atoms with Crippen LogP contribution in [-0.4, -0.2) is 16.5 Å². The van der Waals surface area contributed by atoms with Crippen molar-refractivity contribution in [3.05, 3.63) is 29.6 Å². The average Bonchev–Trinajstić information content (AvgIpc) is 2.76. The predicted octanol–water partition coefficient (Wildman–Crippen LogP) is 4.60. The van der Waals surface area contributed by atoms with Crippen LogP contribution in [0.1, 0.15) is 38.2 Å². The van der Waals surface area contributed by atoms with Gasteiger partial charge >= 0.3 is 0 Å². The summed E-state index contributed by atoms with van der Waals surface area (Å²) in [6, 6.07) is 5.15. The second-order valence-corrected chi connectivity index (χ2v) is 7.15. The minimum Gasteiger partial charge on any atom is -0.332 e. The zero-order chi connectivity index (χ0) is 14.2. The number of hydrogen-bond acceptors (Lipinski definition) is 3. The van der Waals surface area contributed by atoms with E-state index in [1.807, 2.05) is 13.0 Å². The van der Waals surface area contributed by atoms with Crippen molar-refractivity contribution in [3.8, 4) is 0 Å². The molecule has 1 aliphatic heterocycles. The van der Waals surface area contributed by atoms with E-state index in [9.17, 15) is 4.39 Å². The Morgan fingerprint density at radius 3 is 3.05 bits per heavy atom. The third-order valence-corrected chi connectivity index (χ3v) is 5.49. The van der Waals surface area contributed by atoms with Crippen LogP contribution in [0.25, 0.3) is 0 Å². The van der Waals surface area contributed by atoms with Crippen LogP contribution in [0, 0.1) is 18.7 Å². The van der Waals surface area contributed by atoms with Crippen molar-refractivity contribution < 1.29 is 4.39 Å². The van der Waals surface area contributed by atoms with Gasteiger partial charge in [-0.05, 0) is 37.3 Å². The lowest BCUT2D eigenvalue weighted by molar-refractivity contribution is 0.266. The maximum Gasteiger partial charge on any atom is 0.161 e. The number of halogens is 1. The molecule has 2 atom stereocenters. The van der Waals surface area contributed by atoms with Crippen molar-refractivity contribution in [2.45, 2.75) is 45.1 Å². The van der Waals surface area contributed by atoms with E-state index in [0.717, 1.165) is 22.4 Å². The fraction of sp³-hybridized carbons (Fsp3) is 0.562. The molecule has 4 heteroatoms. The quantitative estimate of drug-likeness (QED) is 0.818. The highest BCUT2D eigenvalue weighted by atomic mass is 32.2. The van der Waals surface area contributed by atoms with Gasteiger partial charge in [-0.25, -0.2) is 4.39 Å². The van der Waals surface area contributed by atoms with E-state index in [0.29, 0.717) is 5.69 Å². The number of aliphatic imine (C=N–C) groups is 1. The number of aryl methyl sites for hydroxylation is 1. The van der Waals surface area contributed by atoms with Gasteiger partial charge in [0.05, 0.1) is 11.2 Å². The van der Waals surface area contributed by atoms with Crippen LogP contribution in [0.3, 0.4) is 0 Å². The van der Waals surface area contributed by atoms with E-state index in [-0.39, 0.29) is 11.4 Å². The summed E-state index contributed by atoms with van der Waals surface area (Å²) < 4.78 is 13.9. The topological polar surface area (TPSA) is 24.4 Å². The van der Waals surface area contributed by atoms with E-state index in [1.165, 1.54) is 31.7 Å². The summed E-state index contributed by atoms with van der Waals surface area (Å²) in [6.07, 6.45) is 4.92. The van der Waals surface area contributed by atoms with Gasteiger partial charge in [-0.15, -0.1) is 0 Å². The molecule has 1 N–H and O–H groups in total. The number of para-hydroxylation sites is 1. The van der Waals surface area contributed by atoms with Crippen LogP contribution in [0.4, 0.5) is 10.1 Å². The highest BCUT2D eigenvalue weighted by molar-refractivity contribution is 8.14. The van der Waals surface area contributed by atoms with E-state index in [2.05, 4.69) is 12.2 Å². The van der Waals surface area contributed by atoms with Crippen LogP contribution in [-0.2, 0) is 0 Å². The second kappa shape index (κ2) is 5.40. The van der Waals surface area contributed by atoms with Gasteiger partial charge in [0, 0.05) is 5.75 Å². The lowest BCUT2D eigenvalue weighted by Crippen LogP contribution is -2.33. The van der Waals surface area contributed by atoms with Gasteiger partial charge in [-0.3, -0.25) is 4.99 Å². The Kier molecular flexibility index (Phi) is 3.76. The first-order valence-corrected chi connectivity index (χ1v) is 8.31. The number of amidine groups is 1. The standard InChI is InChI=1S/C16H21FN2S/c1-11-5-4-8-16(9-11)10-20-15(19-16)18-14-12(2)6-3-7-13(14)17/h3,6-7,11H,4-5,8-10H2,1-2H3,(H,18,19). The summed E-state index contributed by atoms with van der Waals surface area (Å²) in [4.78, 5) is 4.91. The molecule has 0 bridgehead atoms. The minimum atomic E-state index is -0.203. The van der Waals surface area contributed by atoms with E-state index in [1.54, 1.807) is 17.8 Å². The summed E-state index contributed by atoms with van der Waals surface area (Å²) in [6.45, 7) is 4.23. The lowest BCUT2D eigenvalue weighted by Gasteiger charge is -2.33. The molecule has 2 aliphatic rings. The number of nitrogens with zero attached hydrogens (tertiary/aromatic N) is 1. The molecule has 1 spiro atoms. The summed E-state index contributed by atoms with van der Waals surface area (Å²) in [7, 11) is 0. The predicted molar refractivity (Wildman–Crippen MR) is 85.0 cm³/mol. The van der Waals surface area contributed by atoms with Crippen LogP contribution in [0.2, 0.25) is 0 Å². The monoisotopic (exact) mass is 292 g/mol. The normalized spacial score (nSPS) is 29.6. The van der Waals surface area contributed by atoms with Gasteiger partial charge in [0.2, 0.25) is 0 Å². The second-order valence-electron chi connectivity index (χ2n) is 6.19. The van der Waals surface area contributed by atoms with E-state index >= 15 is 0 Å². The van der Waals surface area contributed by atoms with Crippen LogP contribution >= 0.6 is 11.8 Å². The first-order valence-electron chi connectivity index (χ1n) is 7.33. The fourth-order valence-electron chi connectivity index (χ4n) is 3.31. The summed E-state index contributed by atoms with van der Waals surface area (Å²) in [5, 5.41) is 4.08. The molecule has 1 aromatic carbocycles. The molecular weight excluding hydrogens is 271 g/mol. The largest absolute Gasteiger partial charge is 0.332 e. The Labute approximate surface area is 124 Å². The molecule has 108 valence electrons. The lowest BCUT2D eigenvalue weighted by atomic mass is 9.78. The molecule has 0 aromatic heterocycles. The first kappa shape index (κ1) is 13.9. The molecule has 1 heterocycles. The fourth-order valence-corrected chi connectivity index (χ4v) is 4.47. The summed E-state index contributed by atoms with van der Waals surface area (Å²) in [5.74, 6) is 1.58. The van der Waals surface area contributed by atoms with Crippen molar-refractivity contribution in [3.63, 3.8) is 0 Å². The van der Waals surface area contributed by atoms with E-state index < -0.39 is 0 Å². The zero-order valence-corrected chi connectivity index (χ0v) is 12.9. The highest BCUT2D eigenvalue weighted by Gasteiger charge is 2.39. The van der Waals surface area contributed by atoms with Gasteiger partial charge in [-0.1, -0.05) is 43.7 Å². The van der Waals surface area contributed by atoms with Crippen molar-refractivity contribution in [1.82, 2.24) is 0 Å². The van der Waals surface area contributed by atoms with Crippen molar-refractivity contribution >= 4 is 22.6 Å². The molecule has 1 aliphatic carbocycles. The average molecular weight is 292 g/mol. The van der Waals surface area contributed by atoms with Gasteiger partial charge in [0.1, 0.15) is 5.82 Å². The molecular formula is C16H21FN2S. The van der Waals surface area contributed by atoms with Crippen molar-refractivity contribution in [1.29, 1.82) is 0 Å². The molecule has 1 aromatic rings. The Hall–Kier alpha value is -1.03. The molecule has 0 saturated heterocycles. The Morgan fingerprint density at radius 2 is 2.30 bits per heavy atom. The zero-order valence-electron chi connectivity index (χ0n) is 12.1. The Bertz CT molecular complexity index is 523. The first-order chi connectivity index (χ1) is 9.58. The van der Waals surface area contributed by atoms with Crippen LogP contribution in [0.15, 0.2) is 23.2 Å². The molecule has 2 nitrogen and oxygen atoms in total. The van der Waals surface area contributed by atoms with Gasteiger partial charge in [0.25, 0.3) is 0 Å². The number of benzene rings is 1. The third kappa shape index (κ3) is 2.71. The van der Waals surface area contributed by atoms with Gasteiger partial charge in [0.15, 0.2) is 5.17 Å². The Balaban J connectivity index is 1.79. The van der Waals surface area contributed by atoms with Gasteiger partial charge in [-0.2, -0.15) is 0 Å². The molecule has 0 radical (unpaired) electrons. The van der Waals surface area contributed by atoms with Crippen LogP contribution in [0.5, 0.6) is 0 Å². The summed E-state index contributed by atoms with van der Waals surface area (Å²) in [5.41, 5.74) is 1.59. The summed E-state index contributed by atoms with van der Waals surface area (Å²) >= 11 is 1.73. The smallest absolute Gasteiger partial charge is 0.161 e. The number of rotatable bonds is 1. The Morgan fingerprint density at radius 1 is 1.45 bits per heavy atom. The molecule has 3 rings (SSSR count).